The second-order valence-electron chi connectivity index (χ2n) is 4.44. The van der Waals surface area contributed by atoms with E-state index in [4.69, 9.17) is 0 Å². The van der Waals surface area contributed by atoms with E-state index in [2.05, 4.69) is 36.8 Å². The standard InChI is InChI=1S/C11H14N2/c1-11(2,3)9-4-5-13-10-7-12-6-8(9)10/h4-6H,7H2,1-3H3. The lowest BCUT2D eigenvalue weighted by atomic mass is 9.84. The van der Waals surface area contributed by atoms with E-state index in [1.54, 1.807) is 0 Å². The average Bonchev–Trinajstić information content (AvgIpc) is 2.48. The maximum Gasteiger partial charge on any atom is 0.0818 e. The van der Waals surface area contributed by atoms with Gasteiger partial charge < -0.3 is 0 Å². The molecule has 2 nitrogen and oxygen atoms in total. The van der Waals surface area contributed by atoms with Crippen molar-refractivity contribution in [2.75, 3.05) is 0 Å². The van der Waals surface area contributed by atoms with Crippen molar-refractivity contribution >= 4 is 6.21 Å². The monoisotopic (exact) mass is 174 g/mol. The molecule has 0 saturated carbocycles. The lowest BCUT2D eigenvalue weighted by Crippen LogP contribution is -2.14. The van der Waals surface area contributed by atoms with Crippen LogP contribution in [0.5, 0.6) is 0 Å². The molecule has 2 heteroatoms. The van der Waals surface area contributed by atoms with Gasteiger partial charge in [-0.1, -0.05) is 20.8 Å². The molecule has 1 aliphatic heterocycles. The Morgan fingerprint density at radius 1 is 1.31 bits per heavy atom. The van der Waals surface area contributed by atoms with Crippen molar-refractivity contribution in [2.45, 2.75) is 32.7 Å². The first-order chi connectivity index (χ1) is 6.09. The van der Waals surface area contributed by atoms with Gasteiger partial charge in [0.25, 0.3) is 0 Å². The third-order valence-corrected chi connectivity index (χ3v) is 2.34. The Morgan fingerprint density at radius 2 is 2.08 bits per heavy atom. The van der Waals surface area contributed by atoms with Gasteiger partial charge in [-0.3, -0.25) is 9.98 Å². The summed E-state index contributed by atoms with van der Waals surface area (Å²) in [6.07, 6.45) is 3.83. The first kappa shape index (κ1) is 8.42. The molecule has 0 atom stereocenters. The summed E-state index contributed by atoms with van der Waals surface area (Å²) >= 11 is 0. The van der Waals surface area contributed by atoms with Crippen LogP contribution in [0.3, 0.4) is 0 Å². The van der Waals surface area contributed by atoms with Crippen LogP contribution in [0.4, 0.5) is 0 Å². The largest absolute Gasteiger partial charge is 0.286 e. The topological polar surface area (TPSA) is 25.2 Å². The molecule has 0 saturated heterocycles. The lowest BCUT2D eigenvalue weighted by Gasteiger charge is -2.21. The number of rotatable bonds is 0. The van der Waals surface area contributed by atoms with Crippen molar-refractivity contribution in [1.29, 1.82) is 0 Å². The minimum absolute atomic E-state index is 0.184. The van der Waals surface area contributed by atoms with Gasteiger partial charge in [-0.2, -0.15) is 0 Å². The van der Waals surface area contributed by atoms with Crippen LogP contribution >= 0.6 is 0 Å². The fraction of sp³-hybridized carbons (Fsp3) is 0.455. The Morgan fingerprint density at radius 3 is 2.77 bits per heavy atom. The van der Waals surface area contributed by atoms with Gasteiger partial charge in [0.05, 0.1) is 12.2 Å². The van der Waals surface area contributed by atoms with E-state index >= 15 is 0 Å². The fourth-order valence-electron chi connectivity index (χ4n) is 1.66. The van der Waals surface area contributed by atoms with E-state index in [9.17, 15) is 0 Å². The SMILES string of the molecule is CC(C)(C)c1ccnc2c1C=NC2. The van der Waals surface area contributed by atoms with Crippen LogP contribution in [0, 0.1) is 0 Å². The van der Waals surface area contributed by atoms with Crippen molar-refractivity contribution in [3.8, 4) is 0 Å². The molecule has 0 aliphatic carbocycles. The summed E-state index contributed by atoms with van der Waals surface area (Å²) < 4.78 is 0. The Labute approximate surface area is 78.7 Å². The summed E-state index contributed by atoms with van der Waals surface area (Å²) in [5.74, 6) is 0. The third-order valence-electron chi connectivity index (χ3n) is 2.34. The number of aromatic nitrogens is 1. The van der Waals surface area contributed by atoms with E-state index in [1.807, 2.05) is 12.4 Å². The van der Waals surface area contributed by atoms with Crippen LogP contribution in [-0.4, -0.2) is 11.2 Å². The average molecular weight is 174 g/mol. The van der Waals surface area contributed by atoms with Crippen LogP contribution in [0.25, 0.3) is 0 Å². The second-order valence-corrected chi connectivity index (χ2v) is 4.44. The molecule has 0 aromatic carbocycles. The van der Waals surface area contributed by atoms with Gasteiger partial charge in [-0.05, 0) is 17.0 Å². The first-order valence-electron chi connectivity index (χ1n) is 4.57. The Bertz CT molecular complexity index is 359. The molecule has 1 aromatic heterocycles. The fourth-order valence-corrected chi connectivity index (χ4v) is 1.66. The smallest absolute Gasteiger partial charge is 0.0818 e. The molecule has 0 bridgehead atoms. The van der Waals surface area contributed by atoms with Crippen molar-refractivity contribution in [3.05, 3.63) is 29.1 Å². The number of nitrogens with zero attached hydrogens (tertiary/aromatic N) is 2. The second kappa shape index (κ2) is 2.66. The Balaban J connectivity index is 2.59. The normalized spacial score (nSPS) is 14.7. The van der Waals surface area contributed by atoms with Crippen LogP contribution in [0.2, 0.25) is 0 Å². The Hall–Kier alpha value is -1.18. The molecule has 13 heavy (non-hydrogen) atoms. The summed E-state index contributed by atoms with van der Waals surface area (Å²) in [5.41, 5.74) is 3.88. The predicted octanol–water partition coefficient (Wildman–Crippen LogP) is 2.31. The lowest BCUT2D eigenvalue weighted by molar-refractivity contribution is 0.587. The molecule has 1 aliphatic rings. The molecule has 0 N–H and O–H groups in total. The summed E-state index contributed by atoms with van der Waals surface area (Å²) in [6, 6.07) is 2.09. The molecular weight excluding hydrogens is 160 g/mol. The summed E-state index contributed by atoms with van der Waals surface area (Å²) in [6.45, 7) is 7.40. The maximum absolute atomic E-state index is 4.31. The van der Waals surface area contributed by atoms with Gasteiger partial charge in [0.15, 0.2) is 0 Å². The zero-order valence-electron chi connectivity index (χ0n) is 8.33. The van der Waals surface area contributed by atoms with Crippen LogP contribution in [0.15, 0.2) is 17.3 Å². The molecule has 0 fully saturated rings. The highest BCUT2D eigenvalue weighted by molar-refractivity contribution is 5.86. The van der Waals surface area contributed by atoms with E-state index in [0.717, 1.165) is 12.2 Å². The minimum atomic E-state index is 0.184. The summed E-state index contributed by atoms with van der Waals surface area (Å²) in [5, 5.41) is 0. The quantitative estimate of drug-likeness (QED) is 0.592. The number of aliphatic imine (C=N–C) groups is 1. The molecular formula is C11H14N2. The third kappa shape index (κ3) is 1.37. The van der Waals surface area contributed by atoms with Gasteiger partial charge in [0.1, 0.15) is 0 Å². The molecule has 0 amide bonds. The van der Waals surface area contributed by atoms with Crippen molar-refractivity contribution < 1.29 is 0 Å². The van der Waals surface area contributed by atoms with Crippen LogP contribution < -0.4 is 0 Å². The van der Waals surface area contributed by atoms with Gasteiger partial charge in [0.2, 0.25) is 0 Å². The van der Waals surface area contributed by atoms with Gasteiger partial charge in [0, 0.05) is 18.0 Å². The molecule has 0 radical (unpaired) electrons. The summed E-state index contributed by atoms with van der Waals surface area (Å²) in [7, 11) is 0. The van der Waals surface area contributed by atoms with Crippen LogP contribution in [0.1, 0.15) is 37.6 Å². The molecule has 2 heterocycles. The predicted molar refractivity (Wildman–Crippen MR) is 54.2 cm³/mol. The highest BCUT2D eigenvalue weighted by Crippen LogP contribution is 2.27. The number of hydrogen-bond donors (Lipinski definition) is 0. The number of fused-ring (bicyclic) bond motifs is 1. The van der Waals surface area contributed by atoms with E-state index in [0.29, 0.717) is 0 Å². The van der Waals surface area contributed by atoms with Gasteiger partial charge >= 0.3 is 0 Å². The number of hydrogen-bond acceptors (Lipinski definition) is 2. The van der Waals surface area contributed by atoms with E-state index < -0.39 is 0 Å². The highest BCUT2D eigenvalue weighted by atomic mass is 14.8. The highest BCUT2D eigenvalue weighted by Gasteiger charge is 2.21. The van der Waals surface area contributed by atoms with Crippen molar-refractivity contribution in [1.82, 2.24) is 4.98 Å². The molecule has 0 spiro atoms. The van der Waals surface area contributed by atoms with Gasteiger partial charge in [-0.25, -0.2) is 0 Å². The zero-order chi connectivity index (χ0) is 9.47. The minimum Gasteiger partial charge on any atom is -0.286 e. The molecule has 2 rings (SSSR count). The molecule has 1 aromatic rings. The Kier molecular flexibility index (Phi) is 1.72. The molecule has 68 valence electrons. The van der Waals surface area contributed by atoms with Crippen molar-refractivity contribution in [3.63, 3.8) is 0 Å². The summed E-state index contributed by atoms with van der Waals surface area (Å²) in [4.78, 5) is 8.55. The first-order valence-corrected chi connectivity index (χ1v) is 4.57. The van der Waals surface area contributed by atoms with E-state index in [-0.39, 0.29) is 5.41 Å². The molecule has 0 unspecified atom stereocenters. The van der Waals surface area contributed by atoms with Gasteiger partial charge in [-0.15, -0.1) is 0 Å². The maximum atomic E-state index is 4.31. The zero-order valence-corrected chi connectivity index (χ0v) is 8.33. The van der Waals surface area contributed by atoms with E-state index in [1.165, 1.54) is 11.1 Å². The number of pyridine rings is 1. The van der Waals surface area contributed by atoms with Crippen molar-refractivity contribution in [2.24, 2.45) is 4.99 Å². The van der Waals surface area contributed by atoms with Crippen LogP contribution in [-0.2, 0) is 12.0 Å².